The topological polar surface area (TPSA) is 39.2 Å². The van der Waals surface area contributed by atoms with E-state index in [1.54, 1.807) is 6.07 Å². The zero-order valence-corrected chi connectivity index (χ0v) is 16.8. The van der Waals surface area contributed by atoms with E-state index in [-0.39, 0.29) is 18.4 Å². The molecule has 0 spiro atoms. The van der Waals surface area contributed by atoms with Crippen molar-refractivity contribution < 1.29 is 9.53 Å². The summed E-state index contributed by atoms with van der Waals surface area (Å²) in [5.74, 6) is -0.338. The van der Waals surface area contributed by atoms with Crippen molar-refractivity contribution in [3.05, 3.63) is 90.6 Å². The standard InChI is InChI=1S/C23H17NO2S.ClH/c1-26-23(25)18-12-6-7-13-20(18)27-21-14-8-5-11-17-19(15-24-22(17)21)16-9-3-2-4-10-16;/h2-15H,1H3;1H. The molecule has 0 atom stereocenters. The minimum Gasteiger partial charge on any atom is -0.465 e. The van der Waals surface area contributed by atoms with Crippen molar-refractivity contribution in [3.63, 3.8) is 0 Å². The number of methoxy groups -OCH3 is 1. The fourth-order valence-corrected chi connectivity index (χ4v) is 4.07. The molecule has 5 heteroatoms. The first-order valence-electron chi connectivity index (χ1n) is 8.56. The van der Waals surface area contributed by atoms with E-state index in [0.29, 0.717) is 5.56 Å². The first kappa shape index (κ1) is 19.9. The predicted molar refractivity (Wildman–Crippen MR) is 115 cm³/mol. The molecule has 0 radical (unpaired) electrons. The number of esters is 1. The van der Waals surface area contributed by atoms with Crippen LogP contribution >= 0.6 is 24.2 Å². The van der Waals surface area contributed by atoms with Crippen LogP contribution in [0.25, 0.3) is 22.4 Å². The minimum atomic E-state index is -0.338. The Morgan fingerprint density at radius 3 is 2.21 bits per heavy atom. The van der Waals surface area contributed by atoms with Gasteiger partial charge in [-0.05, 0) is 23.8 Å². The highest BCUT2D eigenvalue weighted by Crippen LogP contribution is 2.41. The second kappa shape index (κ2) is 8.91. The summed E-state index contributed by atoms with van der Waals surface area (Å²) in [6.07, 6.45) is 1.91. The number of halogens is 1. The fraction of sp³-hybridized carbons (Fsp3) is 0.0435. The second-order valence-electron chi connectivity index (χ2n) is 5.97. The highest BCUT2D eigenvalue weighted by atomic mass is 35.5. The normalized spacial score (nSPS) is 10.3. The van der Waals surface area contributed by atoms with Gasteiger partial charge in [-0.3, -0.25) is 4.98 Å². The van der Waals surface area contributed by atoms with Gasteiger partial charge in [0.15, 0.2) is 0 Å². The smallest absolute Gasteiger partial charge is 0.339 e. The van der Waals surface area contributed by atoms with Crippen molar-refractivity contribution in [2.75, 3.05) is 7.11 Å². The quantitative estimate of drug-likeness (QED) is 0.377. The van der Waals surface area contributed by atoms with Crippen molar-refractivity contribution in [3.8, 4) is 22.4 Å². The molecule has 0 saturated carbocycles. The van der Waals surface area contributed by atoms with Gasteiger partial charge in [-0.2, -0.15) is 0 Å². The van der Waals surface area contributed by atoms with Crippen molar-refractivity contribution in [1.29, 1.82) is 0 Å². The van der Waals surface area contributed by atoms with E-state index in [9.17, 15) is 4.79 Å². The molecule has 1 aliphatic heterocycles. The third kappa shape index (κ3) is 3.88. The number of ether oxygens (including phenoxy) is 1. The Balaban J connectivity index is 0.00000225. The van der Waals surface area contributed by atoms with Crippen LogP contribution in [0.1, 0.15) is 10.4 Å². The summed E-state index contributed by atoms with van der Waals surface area (Å²) in [5.41, 5.74) is 4.80. The third-order valence-corrected chi connectivity index (χ3v) is 5.45. The average Bonchev–Trinajstić information content (AvgIpc) is 3.04. The van der Waals surface area contributed by atoms with Crippen LogP contribution in [0, 0.1) is 0 Å². The Morgan fingerprint density at radius 1 is 0.821 bits per heavy atom. The van der Waals surface area contributed by atoms with Gasteiger partial charge in [0, 0.05) is 27.1 Å². The van der Waals surface area contributed by atoms with E-state index < -0.39 is 0 Å². The molecule has 0 fully saturated rings. The lowest BCUT2D eigenvalue weighted by Gasteiger charge is -2.08. The average molecular weight is 408 g/mol. The van der Waals surface area contributed by atoms with Gasteiger partial charge in [0.25, 0.3) is 0 Å². The fourth-order valence-electron chi connectivity index (χ4n) is 3.02. The molecular formula is C23H18ClNO2S. The van der Waals surface area contributed by atoms with Gasteiger partial charge >= 0.3 is 5.97 Å². The van der Waals surface area contributed by atoms with Gasteiger partial charge in [-0.1, -0.05) is 72.4 Å². The third-order valence-electron chi connectivity index (χ3n) is 4.32. The molecule has 0 N–H and O–H groups in total. The Bertz CT molecular complexity index is 1070. The Labute approximate surface area is 174 Å². The van der Waals surface area contributed by atoms with E-state index in [4.69, 9.17) is 4.74 Å². The van der Waals surface area contributed by atoms with E-state index in [0.717, 1.165) is 32.2 Å². The summed E-state index contributed by atoms with van der Waals surface area (Å²) < 4.78 is 4.91. The van der Waals surface area contributed by atoms with Gasteiger partial charge in [0.05, 0.1) is 18.4 Å². The van der Waals surface area contributed by atoms with Crippen LogP contribution < -0.4 is 0 Å². The van der Waals surface area contributed by atoms with Crippen LogP contribution in [0.5, 0.6) is 0 Å². The molecule has 1 heterocycles. The van der Waals surface area contributed by atoms with E-state index in [1.165, 1.54) is 18.9 Å². The van der Waals surface area contributed by atoms with Gasteiger partial charge in [0.1, 0.15) is 0 Å². The van der Waals surface area contributed by atoms with Crippen molar-refractivity contribution in [1.82, 2.24) is 4.98 Å². The highest BCUT2D eigenvalue weighted by Gasteiger charge is 2.18. The molecule has 4 rings (SSSR count). The van der Waals surface area contributed by atoms with E-state index in [2.05, 4.69) is 23.2 Å². The maximum Gasteiger partial charge on any atom is 0.339 e. The first-order valence-corrected chi connectivity index (χ1v) is 9.38. The molecule has 140 valence electrons. The van der Waals surface area contributed by atoms with Crippen molar-refractivity contribution in [2.24, 2.45) is 0 Å². The number of hydrogen-bond donors (Lipinski definition) is 0. The summed E-state index contributed by atoms with van der Waals surface area (Å²) in [5, 5.41) is 0. The van der Waals surface area contributed by atoms with Crippen LogP contribution in [0.4, 0.5) is 0 Å². The molecule has 1 aliphatic carbocycles. The zero-order valence-electron chi connectivity index (χ0n) is 15.2. The second-order valence-corrected chi connectivity index (χ2v) is 7.06. The van der Waals surface area contributed by atoms with Gasteiger partial charge < -0.3 is 4.74 Å². The molecule has 2 aromatic carbocycles. The Kier molecular flexibility index (Phi) is 6.34. The summed E-state index contributed by atoms with van der Waals surface area (Å²) in [7, 11) is 1.40. The summed E-state index contributed by atoms with van der Waals surface area (Å²) in [6.45, 7) is 0. The van der Waals surface area contributed by atoms with Gasteiger partial charge in [0.2, 0.25) is 0 Å². The molecular weight excluding hydrogens is 390 g/mol. The summed E-state index contributed by atoms with van der Waals surface area (Å²) in [4.78, 5) is 18.6. The lowest BCUT2D eigenvalue weighted by Crippen LogP contribution is -2.02. The predicted octanol–water partition coefficient (Wildman–Crippen LogP) is 6.21. The molecule has 0 unspecified atom stereocenters. The van der Waals surface area contributed by atoms with Crippen LogP contribution in [0.3, 0.4) is 0 Å². The van der Waals surface area contributed by atoms with Crippen LogP contribution in [0.2, 0.25) is 0 Å². The SMILES string of the molecule is COC(=O)c1ccccc1Sc1ccccc2c(-c3ccccc3)cnc1-2.Cl. The molecule has 3 nitrogen and oxygen atoms in total. The molecule has 0 aromatic heterocycles. The largest absolute Gasteiger partial charge is 0.465 e. The number of aromatic nitrogens is 1. The van der Waals surface area contributed by atoms with Crippen molar-refractivity contribution >= 4 is 30.1 Å². The molecule has 28 heavy (non-hydrogen) atoms. The number of carbonyl (C=O) groups is 1. The minimum absolute atomic E-state index is 0. The van der Waals surface area contributed by atoms with E-state index in [1.807, 2.05) is 60.8 Å². The number of fused-ring (bicyclic) bond motifs is 1. The maximum absolute atomic E-state index is 12.1. The van der Waals surface area contributed by atoms with Gasteiger partial charge in [-0.15, -0.1) is 12.4 Å². The first-order chi connectivity index (χ1) is 13.3. The lowest BCUT2D eigenvalue weighted by molar-refractivity contribution is 0.0597. The number of hydrogen-bond acceptors (Lipinski definition) is 4. The molecule has 2 aromatic rings. The number of benzene rings is 2. The maximum atomic E-state index is 12.1. The molecule has 2 aliphatic rings. The summed E-state index contributed by atoms with van der Waals surface area (Å²) >= 11 is 1.53. The lowest BCUT2D eigenvalue weighted by atomic mass is 10.0. The Hall–Kier alpha value is -2.82. The monoisotopic (exact) mass is 407 g/mol. The number of nitrogens with zero attached hydrogens (tertiary/aromatic N) is 1. The molecule has 0 bridgehead atoms. The van der Waals surface area contributed by atoms with Crippen LogP contribution in [-0.4, -0.2) is 18.1 Å². The molecule has 0 saturated heterocycles. The van der Waals surface area contributed by atoms with Crippen LogP contribution in [0.15, 0.2) is 94.9 Å². The van der Waals surface area contributed by atoms with E-state index >= 15 is 0 Å². The molecule has 0 amide bonds. The summed E-state index contributed by atoms with van der Waals surface area (Å²) in [6, 6.07) is 25.8. The number of carbonyl (C=O) groups excluding carboxylic acids is 1. The zero-order chi connectivity index (χ0) is 18.6. The van der Waals surface area contributed by atoms with Gasteiger partial charge in [-0.25, -0.2) is 4.79 Å². The number of rotatable bonds is 4. The highest BCUT2D eigenvalue weighted by molar-refractivity contribution is 7.99. The van der Waals surface area contributed by atoms with Crippen molar-refractivity contribution in [2.45, 2.75) is 9.79 Å². The van der Waals surface area contributed by atoms with Crippen LogP contribution in [-0.2, 0) is 4.74 Å². The Morgan fingerprint density at radius 2 is 1.46 bits per heavy atom.